The van der Waals surface area contributed by atoms with Crippen molar-refractivity contribution in [2.45, 2.75) is 13.8 Å². The van der Waals surface area contributed by atoms with E-state index in [1.54, 1.807) is 0 Å². The van der Waals surface area contributed by atoms with Crippen molar-refractivity contribution < 1.29 is 0 Å². The van der Waals surface area contributed by atoms with Crippen LogP contribution in [0.4, 0.5) is 0 Å². The van der Waals surface area contributed by atoms with Gasteiger partial charge in [-0.3, -0.25) is 0 Å². The Bertz CT molecular complexity index is 782. The minimum Gasteiger partial charge on any atom is -0.192 e. The largest absolute Gasteiger partial charge is 0.192 e. The van der Waals surface area contributed by atoms with Crippen molar-refractivity contribution in [1.29, 1.82) is 10.5 Å². The Hall–Kier alpha value is -2.15. The maximum Gasteiger partial charge on any atom is 0.101 e. The number of nitrogens with zero attached hydrogens (tertiary/aromatic N) is 2. The zero-order valence-corrected chi connectivity index (χ0v) is 11.0. The lowest BCUT2D eigenvalue weighted by Gasteiger charge is -2.03. The molecule has 0 bridgehead atoms. The number of benzene rings is 1. The molecule has 0 unspecified atom stereocenters. The Balaban J connectivity index is 2.60. The van der Waals surface area contributed by atoms with Crippen LogP contribution in [0.1, 0.15) is 30.5 Å². The predicted octanol–water partition coefficient (Wildman–Crippen LogP) is 1.19. The van der Waals surface area contributed by atoms with Crippen molar-refractivity contribution in [1.82, 2.24) is 0 Å². The van der Waals surface area contributed by atoms with Gasteiger partial charge >= 0.3 is 0 Å². The molecule has 0 aromatic heterocycles. The highest BCUT2D eigenvalue weighted by Gasteiger charge is 2.19. The second-order valence-corrected chi connectivity index (χ2v) is 5.87. The van der Waals surface area contributed by atoms with Gasteiger partial charge in [-0.05, 0) is 30.8 Å². The molecule has 0 amide bonds. The molecule has 0 fully saturated rings. The van der Waals surface area contributed by atoms with E-state index >= 15 is 0 Å². The Morgan fingerprint density at radius 1 is 0.944 bits per heavy atom. The normalized spacial score (nSPS) is 15.3. The average molecular weight is 248 g/mol. The van der Waals surface area contributed by atoms with Crippen LogP contribution in [-0.2, 0) is 0 Å². The lowest BCUT2D eigenvalue weighted by Crippen LogP contribution is -2.32. The fraction of sp³-hybridized carbons (Fsp3) is 0.133. The lowest BCUT2D eigenvalue weighted by atomic mass is 10.00. The fourth-order valence-corrected chi connectivity index (χ4v) is 3.63. The van der Waals surface area contributed by atoms with Crippen LogP contribution in [0.3, 0.4) is 0 Å². The number of rotatable bonds is 0. The van der Waals surface area contributed by atoms with Crippen LogP contribution in [0.15, 0.2) is 5.57 Å². The van der Waals surface area contributed by atoms with Gasteiger partial charge in [0.1, 0.15) is 12.1 Å². The molecular weight excluding hydrogens is 239 g/mol. The van der Waals surface area contributed by atoms with Gasteiger partial charge in [0.25, 0.3) is 0 Å². The Morgan fingerprint density at radius 2 is 1.67 bits per heavy atom. The summed E-state index contributed by atoms with van der Waals surface area (Å²) in [5.41, 5.74) is 3.43. The van der Waals surface area contributed by atoms with Gasteiger partial charge in [-0.25, -0.2) is 0 Å². The molecule has 0 saturated carbocycles. The van der Waals surface area contributed by atoms with E-state index in [1.165, 1.54) is 5.29 Å². The van der Waals surface area contributed by atoms with Crippen molar-refractivity contribution in [3.63, 3.8) is 0 Å². The monoisotopic (exact) mass is 248 g/mol. The number of fused-ring (bicyclic) bond motifs is 2. The highest BCUT2D eigenvalue weighted by molar-refractivity contribution is 7.51. The van der Waals surface area contributed by atoms with Crippen LogP contribution in [0.5, 0.6) is 0 Å². The molecule has 1 heterocycles. The molecule has 18 heavy (non-hydrogen) atoms. The molecule has 1 aliphatic carbocycles. The van der Waals surface area contributed by atoms with E-state index in [-0.39, 0.29) is 0 Å². The number of hydrogen-bond acceptors (Lipinski definition) is 2. The van der Waals surface area contributed by atoms with Crippen LogP contribution < -0.4 is 15.7 Å². The summed E-state index contributed by atoms with van der Waals surface area (Å²) in [6, 6.07) is 4.60. The topological polar surface area (TPSA) is 47.6 Å². The standard InChI is InChI=1S/C15H9N2P/c1-8-3-10-11(4-8)14(7-17)15-12(13(10)6-16)5-9(2)18-15/h3-5H,1-2H3. The summed E-state index contributed by atoms with van der Waals surface area (Å²) in [5.74, 6) is 0. The molecule has 0 spiro atoms. The molecule has 3 heteroatoms. The molecule has 2 nitrogen and oxygen atoms in total. The van der Waals surface area contributed by atoms with Gasteiger partial charge in [0.05, 0.1) is 11.1 Å². The highest BCUT2D eigenvalue weighted by atomic mass is 31.1. The van der Waals surface area contributed by atoms with E-state index in [1.807, 2.05) is 32.1 Å². The Labute approximate surface area is 107 Å². The molecule has 1 aromatic rings. The lowest BCUT2D eigenvalue weighted by molar-refractivity contribution is 1.41. The van der Waals surface area contributed by atoms with Crippen molar-refractivity contribution in [3.05, 3.63) is 32.7 Å². The van der Waals surface area contributed by atoms with Crippen molar-refractivity contribution >= 4 is 37.0 Å². The number of nitriles is 2. The van der Waals surface area contributed by atoms with Gasteiger partial charge in [-0.1, -0.05) is 20.4 Å². The smallest absolute Gasteiger partial charge is 0.101 e. The summed E-state index contributed by atoms with van der Waals surface area (Å²) in [5, 5.41) is 22.8. The molecule has 0 atom stereocenters. The van der Waals surface area contributed by atoms with Crippen molar-refractivity contribution in [3.8, 4) is 12.1 Å². The van der Waals surface area contributed by atoms with E-state index in [2.05, 4.69) is 12.1 Å². The average Bonchev–Trinajstić information content (AvgIpc) is 2.87. The van der Waals surface area contributed by atoms with Crippen LogP contribution in [0, 0.1) is 22.7 Å². The van der Waals surface area contributed by atoms with Crippen molar-refractivity contribution in [2.24, 2.45) is 0 Å². The molecule has 1 aliphatic heterocycles. The molecule has 2 aliphatic rings. The minimum atomic E-state index is 0.705. The second-order valence-electron chi connectivity index (χ2n) is 4.49. The summed E-state index contributed by atoms with van der Waals surface area (Å²) in [7, 11) is 1.05. The van der Waals surface area contributed by atoms with Crippen molar-refractivity contribution in [2.75, 3.05) is 0 Å². The predicted molar refractivity (Wildman–Crippen MR) is 74.9 cm³/mol. The van der Waals surface area contributed by atoms with E-state index < -0.39 is 0 Å². The molecule has 0 saturated heterocycles. The molecule has 3 rings (SSSR count). The molecule has 0 radical (unpaired) electrons. The minimum absolute atomic E-state index is 0.705. The first-order chi connectivity index (χ1) is 8.65. The third-order valence-corrected chi connectivity index (χ3v) is 4.37. The number of hydrogen-bond donors (Lipinski definition) is 0. The van der Waals surface area contributed by atoms with E-state index in [4.69, 9.17) is 0 Å². The van der Waals surface area contributed by atoms with Gasteiger partial charge < -0.3 is 0 Å². The maximum atomic E-state index is 9.40. The van der Waals surface area contributed by atoms with Gasteiger partial charge in [-0.2, -0.15) is 10.5 Å². The quantitative estimate of drug-likeness (QED) is 0.647. The highest BCUT2D eigenvalue weighted by Crippen LogP contribution is 2.17. The zero-order valence-electron chi connectivity index (χ0n) is 10.1. The first-order valence-corrected chi connectivity index (χ1v) is 6.52. The summed E-state index contributed by atoms with van der Waals surface area (Å²) in [4.78, 5) is 0. The second kappa shape index (κ2) is 3.67. The van der Waals surface area contributed by atoms with Gasteiger partial charge in [0.15, 0.2) is 0 Å². The summed E-state index contributed by atoms with van der Waals surface area (Å²) >= 11 is 0. The fourth-order valence-electron chi connectivity index (χ4n) is 2.50. The van der Waals surface area contributed by atoms with Crippen LogP contribution in [0.2, 0.25) is 0 Å². The first-order valence-electron chi connectivity index (χ1n) is 5.63. The van der Waals surface area contributed by atoms with Crippen LogP contribution in [0.25, 0.3) is 18.2 Å². The summed E-state index contributed by atoms with van der Waals surface area (Å²) in [6.45, 7) is 4.02. The van der Waals surface area contributed by atoms with E-state index in [0.29, 0.717) is 5.56 Å². The van der Waals surface area contributed by atoms with Gasteiger partial charge in [-0.15, -0.1) is 0 Å². The van der Waals surface area contributed by atoms with E-state index in [0.717, 1.165) is 40.6 Å². The summed E-state index contributed by atoms with van der Waals surface area (Å²) < 4.78 is 0. The third kappa shape index (κ3) is 1.31. The molecule has 1 aromatic carbocycles. The maximum absolute atomic E-state index is 9.40. The Kier molecular flexibility index (Phi) is 2.24. The van der Waals surface area contributed by atoms with Crippen LogP contribution >= 0.6 is 8.20 Å². The van der Waals surface area contributed by atoms with Gasteiger partial charge in [0.2, 0.25) is 0 Å². The molecular formula is C15H9N2P. The zero-order chi connectivity index (χ0) is 12.9. The molecule has 0 N–H and O–H groups in total. The first kappa shape index (κ1) is 11.0. The van der Waals surface area contributed by atoms with E-state index in [9.17, 15) is 10.5 Å². The third-order valence-electron chi connectivity index (χ3n) is 3.20. The number of allylic oxidation sites excluding steroid dienone is 1. The van der Waals surface area contributed by atoms with Gasteiger partial charge in [0, 0.05) is 21.3 Å². The van der Waals surface area contributed by atoms with Crippen LogP contribution in [-0.4, -0.2) is 5.29 Å². The summed E-state index contributed by atoms with van der Waals surface area (Å²) in [6.07, 6.45) is 6.02. The molecule has 84 valence electrons. The Morgan fingerprint density at radius 3 is 2.33 bits per heavy atom. The SMILES string of the molecule is CC1=Cc2c(C#N)c3c(c(C#N)c2=C1)P=C(C)C=3.